The van der Waals surface area contributed by atoms with E-state index in [1.807, 2.05) is 18.2 Å². The molecule has 0 aliphatic carbocycles. The van der Waals surface area contributed by atoms with Gasteiger partial charge in [0.05, 0.1) is 0 Å². The molecule has 3 fully saturated rings. The van der Waals surface area contributed by atoms with E-state index in [1.165, 1.54) is 12.8 Å². The first-order valence-corrected chi connectivity index (χ1v) is 8.28. The minimum Gasteiger partial charge on any atom is -0.449 e. The van der Waals surface area contributed by atoms with Crippen molar-refractivity contribution in [2.45, 2.75) is 31.8 Å². The molecule has 1 N–H and O–H groups in total. The first-order valence-electron chi connectivity index (χ1n) is 8.28. The van der Waals surface area contributed by atoms with Crippen LogP contribution < -0.4 is 5.32 Å². The molecule has 0 spiro atoms. The summed E-state index contributed by atoms with van der Waals surface area (Å²) in [6.07, 6.45) is 4.06. The van der Waals surface area contributed by atoms with E-state index in [4.69, 9.17) is 4.42 Å². The van der Waals surface area contributed by atoms with E-state index in [2.05, 4.69) is 22.1 Å². The molecule has 2 aromatic heterocycles. The second kappa shape index (κ2) is 5.81. The molecule has 2 atom stereocenters. The number of hydrogen-bond acceptors (Lipinski definition) is 4. The zero-order valence-electron chi connectivity index (χ0n) is 13.2. The van der Waals surface area contributed by atoms with Crippen molar-refractivity contribution < 1.29 is 9.21 Å². The van der Waals surface area contributed by atoms with Gasteiger partial charge in [-0.1, -0.05) is 6.07 Å². The van der Waals surface area contributed by atoms with Gasteiger partial charge in [0.15, 0.2) is 11.5 Å². The Kier molecular flexibility index (Phi) is 3.65. The molecule has 0 radical (unpaired) electrons. The topological polar surface area (TPSA) is 58.4 Å². The second-order valence-corrected chi connectivity index (χ2v) is 6.49. The smallest absolute Gasteiger partial charge is 0.287 e. The summed E-state index contributed by atoms with van der Waals surface area (Å²) < 4.78 is 5.70. The Labute approximate surface area is 135 Å². The summed E-state index contributed by atoms with van der Waals surface area (Å²) >= 11 is 0. The molecule has 5 heterocycles. The van der Waals surface area contributed by atoms with Crippen LogP contribution in [0.2, 0.25) is 0 Å². The molecule has 5 nitrogen and oxygen atoms in total. The van der Waals surface area contributed by atoms with Crippen LogP contribution in [-0.2, 0) is 0 Å². The Balaban J connectivity index is 1.49. The van der Waals surface area contributed by atoms with Crippen molar-refractivity contribution in [2.24, 2.45) is 5.92 Å². The van der Waals surface area contributed by atoms with Crippen LogP contribution in [0.4, 0.5) is 0 Å². The van der Waals surface area contributed by atoms with E-state index < -0.39 is 0 Å². The lowest BCUT2D eigenvalue weighted by Gasteiger charge is -2.49. The molecule has 2 aromatic rings. The van der Waals surface area contributed by atoms with E-state index in [-0.39, 0.29) is 11.9 Å². The highest BCUT2D eigenvalue weighted by molar-refractivity contribution is 5.92. The average molecular weight is 311 g/mol. The summed E-state index contributed by atoms with van der Waals surface area (Å²) in [4.78, 5) is 19.2. The van der Waals surface area contributed by atoms with E-state index in [1.54, 1.807) is 18.3 Å². The van der Waals surface area contributed by atoms with Gasteiger partial charge < -0.3 is 9.73 Å². The molecular formula is C18H21N3O2. The molecule has 120 valence electrons. The van der Waals surface area contributed by atoms with Gasteiger partial charge in [0.1, 0.15) is 5.69 Å². The molecule has 0 unspecified atom stereocenters. The van der Waals surface area contributed by atoms with Crippen LogP contribution in [0.5, 0.6) is 0 Å². The fraction of sp³-hybridized carbons (Fsp3) is 0.444. The molecule has 0 saturated carbocycles. The largest absolute Gasteiger partial charge is 0.449 e. The van der Waals surface area contributed by atoms with Gasteiger partial charge in [0.2, 0.25) is 0 Å². The van der Waals surface area contributed by atoms with Gasteiger partial charge in [-0.25, -0.2) is 0 Å². The van der Waals surface area contributed by atoms with Crippen LogP contribution >= 0.6 is 0 Å². The van der Waals surface area contributed by atoms with E-state index in [0.29, 0.717) is 23.5 Å². The molecule has 0 aromatic carbocycles. The Bertz CT molecular complexity index is 687. The van der Waals surface area contributed by atoms with Gasteiger partial charge in [-0.3, -0.25) is 14.7 Å². The van der Waals surface area contributed by atoms with Gasteiger partial charge in [-0.05, 0) is 63.0 Å². The van der Waals surface area contributed by atoms with Crippen molar-refractivity contribution in [3.63, 3.8) is 0 Å². The average Bonchev–Trinajstić information content (AvgIpc) is 3.09. The summed E-state index contributed by atoms with van der Waals surface area (Å²) in [5, 5.41) is 3.19. The number of aromatic nitrogens is 1. The zero-order chi connectivity index (χ0) is 15.8. The fourth-order valence-corrected chi connectivity index (χ4v) is 3.87. The van der Waals surface area contributed by atoms with E-state index in [0.717, 1.165) is 18.8 Å². The predicted molar refractivity (Wildman–Crippen MR) is 87.0 cm³/mol. The molecule has 2 bridgehead atoms. The summed E-state index contributed by atoms with van der Waals surface area (Å²) in [5.41, 5.74) is 0.739. The van der Waals surface area contributed by atoms with Crippen molar-refractivity contribution in [1.82, 2.24) is 15.2 Å². The van der Waals surface area contributed by atoms with Crippen LogP contribution in [0, 0.1) is 5.92 Å². The number of amides is 1. The molecule has 3 saturated heterocycles. The standard InChI is InChI=1S/C18H21N3O2/c1-12-17(13-7-10-21(12)11-8-13)20-18(22)16-6-5-15(23-16)14-4-2-3-9-19-14/h2-6,9,12-13,17H,7-8,10-11H2,1H3,(H,20,22)/t12-,17-/m0/s1. The molecule has 23 heavy (non-hydrogen) atoms. The van der Waals surface area contributed by atoms with Gasteiger partial charge >= 0.3 is 0 Å². The Morgan fingerprint density at radius 2 is 2.09 bits per heavy atom. The number of carbonyl (C=O) groups is 1. The fourth-order valence-electron chi connectivity index (χ4n) is 3.87. The normalized spacial score (nSPS) is 29.4. The third-order valence-corrected chi connectivity index (χ3v) is 5.22. The maximum atomic E-state index is 12.5. The molecule has 5 rings (SSSR count). The number of nitrogens with one attached hydrogen (secondary N) is 1. The first-order chi connectivity index (χ1) is 11.2. The highest BCUT2D eigenvalue weighted by atomic mass is 16.4. The lowest BCUT2D eigenvalue weighted by atomic mass is 9.79. The van der Waals surface area contributed by atoms with Crippen LogP contribution in [0.15, 0.2) is 40.9 Å². The quantitative estimate of drug-likeness (QED) is 0.946. The minimum absolute atomic E-state index is 0.127. The number of fused-ring (bicyclic) bond motifs is 3. The number of pyridine rings is 1. The van der Waals surface area contributed by atoms with Crippen molar-refractivity contribution in [1.29, 1.82) is 0 Å². The maximum absolute atomic E-state index is 12.5. The molecule has 3 aliphatic heterocycles. The van der Waals surface area contributed by atoms with Crippen LogP contribution in [0.25, 0.3) is 11.5 Å². The molecule has 1 amide bonds. The van der Waals surface area contributed by atoms with Gasteiger partial charge in [-0.2, -0.15) is 0 Å². The van der Waals surface area contributed by atoms with Gasteiger partial charge in [0, 0.05) is 18.3 Å². The predicted octanol–water partition coefficient (Wildman–Crippen LogP) is 2.55. The van der Waals surface area contributed by atoms with Gasteiger partial charge in [-0.15, -0.1) is 0 Å². The summed E-state index contributed by atoms with van der Waals surface area (Å²) in [5.74, 6) is 1.44. The van der Waals surface area contributed by atoms with Crippen molar-refractivity contribution in [3.8, 4) is 11.5 Å². The van der Waals surface area contributed by atoms with Crippen molar-refractivity contribution >= 4 is 5.91 Å². The number of hydrogen-bond donors (Lipinski definition) is 1. The Hall–Kier alpha value is -2.14. The Morgan fingerprint density at radius 1 is 1.26 bits per heavy atom. The van der Waals surface area contributed by atoms with Crippen molar-refractivity contribution in [2.75, 3.05) is 13.1 Å². The number of furan rings is 1. The number of nitrogens with zero attached hydrogens (tertiary/aromatic N) is 2. The third-order valence-electron chi connectivity index (χ3n) is 5.22. The van der Waals surface area contributed by atoms with Crippen molar-refractivity contribution in [3.05, 3.63) is 42.3 Å². The SMILES string of the molecule is C[C@H]1[C@H](NC(=O)c2ccc(-c3ccccn3)o2)C2CCN1CC2. The zero-order valence-corrected chi connectivity index (χ0v) is 13.2. The number of rotatable bonds is 3. The van der Waals surface area contributed by atoms with E-state index >= 15 is 0 Å². The van der Waals surface area contributed by atoms with Gasteiger partial charge in [0.25, 0.3) is 5.91 Å². The lowest BCUT2D eigenvalue weighted by molar-refractivity contribution is 0.0211. The highest BCUT2D eigenvalue weighted by Crippen LogP contribution is 2.32. The number of carbonyl (C=O) groups excluding carboxylic acids is 1. The molecular weight excluding hydrogens is 290 g/mol. The summed E-state index contributed by atoms with van der Waals surface area (Å²) in [6.45, 7) is 4.52. The van der Waals surface area contributed by atoms with Crippen LogP contribution in [0.1, 0.15) is 30.3 Å². The second-order valence-electron chi connectivity index (χ2n) is 6.49. The summed E-state index contributed by atoms with van der Waals surface area (Å²) in [7, 11) is 0. The molecule has 3 aliphatic rings. The summed E-state index contributed by atoms with van der Waals surface area (Å²) in [6, 6.07) is 9.78. The Morgan fingerprint density at radius 3 is 2.78 bits per heavy atom. The van der Waals surface area contributed by atoms with Crippen LogP contribution in [0.3, 0.4) is 0 Å². The van der Waals surface area contributed by atoms with E-state index in [9.17, 15) is 4.79 Å². The minimum atomic E-state index is -0.127. The highest BCUT2D eigenvalue weighted by Gasteiger charge is 2.40. The number of piperidine rings is 3. The lowest BCUT2D eigenvalue weighted by Crippen LogP contribution is -2.62. The first kappa shape index (κ1) is 14.5. The maximum Gasteiger partial charge on any atom is 0.287 e. The third kappa shape index (κ3) is 2.65. The monoisotopic (exact) mass is 311 g/mol. The molecule has 5 heteroatoms. The van der Waals surface area contributed by atoms with Crippen LogP contribution in [-0.4, -0.2) is 41.0 Å².